The van der Waals surface area contributed by atoms with Crippen LogP contribution in [0.5, 0.6) is 0 Å². The van der Waals surface area contributed by atoms with Crippen molar-refractivity contribution in [1.29, 1.82) is 0 Å². The van der Waals surface area contributed by atoms with Crippen LogP contribution in [0.25, 0.3) is 0 Å². The minimum Gasteiger partial charge on any atom is -0.355 e. The lowest BCUT2D eigenvalue weighted by molar-refractivity contribution is 0.676. The lowest BCUT2D eigenvalue weighted by Gasteiger charge is -2.18. The van der Waals surface area contributed by atoms with E-state index in [-0.39, 0.29) is 6.04 Å². The molecule has 0 amide bonds. The fourth-order valence-corrected chi connectivity index (χ4v) is 3.68. The summed E-state index contributed by atoms with van der Waals surface area (Å²) in [6.07, 6.45) is 1.05. The second-order valence-corrected chi connectivity index (χ2v) is 7.81. The Kier molecular flexibility index (Phi) is 8.35. The number of nitrogens with zero attached hydrogens (tertiary/aromatic N) is 1. The van der Waals surface area contributed by atoms with Crippen molar-refractivity contribution in [3.05, 3.63) is 71.3 Å². The standard InChI is InChI=1S/C21H29N3OS/c1-4-18-10-12-20(13-11-18)17(2)24-21(22-3)23-14-15-26(25)16-19-8-6-5-7-9-19/h5-13,17H,4,14-16H2,1-3H3,(H2,22,23,24). The first kappa shape index (κ1) is 20.2. The highest BCUT2D eigenvalue weighted by Crippen LogP contribution is 2.13. The Balaban J connectivity index is 1.77. The molecule has 2 N–H and O–H groups in total. The highest BCUT2D eigenvalue weighted by atomic mass is 32.2. The van der Waals surface area contributed by atoms with Gasteiger partial charge in [-0.2, -0.15) is 0 Å². The third kappa shape index (κ3) is 6.64. The van der Waals surface area contributed by atoms with Gasteiger partial charge in [-0.25, -0.2) is 0 Å². The van der Waals surface area contributed by atoms with E-state index in [1.807, 2.05) is 30.3 Å². The lowest BCUT2D eigenvalue weighted by Crippen LogP contribution is -2.40. The van der Waals surface area contributed by atoms with E-state index in [2.05, 4.69) is 53.7 Å². The molecule has 4 nitrogen and oxygen atoms in total. The molecule has 0 aromatic heterocycles. The molecule has 2 unspecified atom stereocenters. The summed E-state index contributed by atoms with van der Waals surface area (Å²) in [5.74, 6) is 1.91. The Morgan fingerprint density at radius 2 is 1.77 bits per heavy atom. The maximum absolute atomic E-state index is 12.2. The van der Waals surface area contributed by atoms with Crippen molar-refractivity contribution >= 4 is 16.8 Å². The molecule has 0 radical (unpaired) electrons. The summed E-state index contributed by atoms with van der Waals surface area (Å²) >= 11 is 0. The van der Waals surface area contributed by atoms with Crippen LogP contribution in [-0.4, -0.2) is 29.5 Å². The monoisotopic (exact) mass is 371 g/mol. The van der Waals surface area contributed by atoms with Crippen molar-refractivity contribution in [3.8, 4) is 0 Å². The summed E-state index contributed by atoms with van der Waals surface area (Å²) in [5.41, 5.74) is 3.67. The van der Waals surface area contributed by atoms with E-state index in [9.17, 15) is 4.21 Å². The molecule has 0 heterocycles. The van der Waals surface area contributed by atoms with E-state index < -0.39 is 10.8 Å². The van der Waals surface area contributed by atoms with Crippen molar-refractivity contribution in [1.82, 2.24) is 10.6 Å². The number of benzene rings is 2. The molecule has 5 heteroatoms. The molecule has 26 heavy (non-hydrogen) atoms. The predicted molar refractivity (Wildman–Crippen MR) is 112 cm³/mol. The number of guanidine groups is 1. The van der Waals surface area contributed by atoms with Crippen molar-refractivity contribution < 1.29 is 4.21 Å². The van der Waals surface area contributed by atoms with Crippen LogP contribution in [-0.2, 0) is 23.0 Å². The minimum atomic E-state index is -0.887. The maximum atomic E-state index is 12.2. The van der Waals surface area contributed by atoms with Gasteiger partial charge >= 0.3 is 0 Å². The van der Waals surface area contributed by atoms with Gasteiger partial charge in [0.2, 0.25) is 0 Å². The molecule has 2 aromatic carbocycles. The Hall–Kier alpha value is -2.14. The van der Waals surface area contributed by atoms with Gasteiger partial charge in [-0.1, -0.05) is 61.5 Å². The predicted octanol–water partition coefficient (Wildman–Crippen LogP) is 3.42. The van der Waals surface area contributed by atoms with Crippen LogP contribution in [0.3, 0.4) is 0 Å². The third-order valence-electron chi connectivity index (χ3n) is 4.26. The number of nitrogens with one attached hydrogen (secondary N) is 2. The summed E-state index contributed by atoms with van der Waals surface area (Å²) in [6.45, 7) is 4.90. The van der Waals surface area contributed by atoms with Crippen molar-refractivity contribution in [2.24, 2.45) is 4.99 Å². The van der Waals surface area contributed by atoms with Crippen LogP contribution >= 0.6 is 0 Å². The van der Waals surface area contributed by atoms with Crippen LogP contribution < -0.4 is 10.6 Å². The number of rotatable bonds is 8. The molecule has 0 bridgehead atoms. The number of hydrogen-bond acceptors (Lipinski definition) is 2. The van der Waals surface area contributed by atoms with Crippen LogP contribution in [0.1, 0.15) is 36.6 Å². The van der Waals surface area contributed by atoms with Gasteiger partial charge in [0, 0.05) is 35.9 Å². The number of hydrogen-bond donors (Lipinski definition) is 2. The van der Waals surface area contributed by atoms with Crippen LogP contribution in [0, 0.1) is 0 Å². The first-order valence-electron chi connectivity index (χ1n) is 9.07. The molecular formula is C21H29N3OS. The van der Waals surface area contributed by atoms with Crippen LogP contribution in [0.2, 0.25) is 0 Å². The van der Waals surface area contributed by atoms with Gasteiger partial charge in [0.15, 0.2) is 5.96 Å². The quantitative estimate of drug-likeness (QED) is 0.552. The zero-order valence-electron chi connectivity index (χ0n) is 15.9. The van der Waals surface area contributed by atoms with Gasteiger partial charge < -0.3 is 10.6 Å². The highest BCUT2D eigenvalue weighted by molar-refractivity contribution is 7.84. The molecule has 0 aliphatic heterocycles. The second-order valence-electron chi connectivity index (χ2n) is 6.23. The van der Waals surface area contributed by atoms with Crippen molar-refractivity contribution in [2.75, 3.05) is 19.3 Å². The molecule has 2 aromatic rings. The fourth-order valence-electron chi connectivity index (χ4n) is 2.64. The fraction of sp³-hybridized carbons (Fsp3) is 0.381. The Morgan fingerprint density at radius 1 is 1.08 bits per heavy atom. The molecule has 2 rings (SSSR count). The van der Waals surface area contributed by atoms with Gasteiger partial charge in [0.25, 0.3) is 0 Å². The van der Waals surface area contributed by atoms with Gasteiger partial charge in [-0.15, -0.1) is 0 Å². The van der Waals surface area contributed by atoms with E-state index in [1.54, 1.807) is 7.05 Å². The molecule has 140 valence electrons. The Morgan fingerprint density at radius 3 is 2.38 bits per heavy atom. The van der Waals surface area contributed by atoms with Crippen molar-refractivity contribution in [3.63, 3.8) is 0 Å². The zero-order valence-corrected chi connectivity index (χ0v) is 16.7. The smallest absolute Gasteiger partial charge is 0.191 e. The molecule has 0 saturated carbocycles. The van der Waals surface area contributed by atoms with Gasteiger partial charge in [-0.05, 0) is 30.0 Å². The van der Waals surface area contributed by atoms with E-state index in [0.29, 0.717) is 18.1 Å². The largest absolute Gasteiger partial charge is 0.355 e. The number of aryl methyl sites for hydroxylation is 1. The van der Waals surface area contributed by atoms with Crippen LogP contribution in [0.4, 0.5) is 0 Å². The molecule has 0 saturated heterocycles. The average Bonchev–Trinajstić information content (AvgIpc) is 2.67. The van der Waals surface area contributed by atoms with Gasteiger partial charge in [-0.3, -0.25) is 9.20 Å². The van der Waals surface area contributed by atoms with E-state index >= 15 is 0 Å². The van der Waals surface area contributed by atoms with E-state index in [1.165, 1.54) is 11.1 Å². The summed E-state index contributed by atoms with van der Waals surface area (Å²) in [4.78, 5) is 4.26. The average molecular weight is 372 g/mol. The van der Waals surface area contributed by atoms with Gasteiger partial charge in [0.05, 0.1) is 6.04 Å². The van der Waals surface area contributed by atoms with E-state index in [4.69, 9.17) is 0 Å². The SMILES string of the molecule is CCc1ccc(C(C)NC(=NC)NCCS(=O)Cc2ccccc2)cc1. The summed E-state index contributed by atoms with van der Waals surface area (Å²) in [5, 5.41) is 6.64. The second kappa shape index (κ2) is 10.8. The Labute approximate surface area is 159 Å². The van der Waals surface area contributed by atoms with Gasteiger partial charge in [0.1, 0.15) is 0 Å². The molecule has 0 aliphatic carbocycles. The molecule has 0 fully saturated rings. The first-order chi connectivity index (χ1) is 12.6. The highest BCUT2D eigenvalue weighted by Gasteiger charge is 2.08. The molecule has 0 spiro atoms. The minimum absolute atomic E-state index is 0.155. The zero-order chi connectivity index (χ0) is 18.8. The summed E-state index contributed by atoms with van der Waals surface area (Å²) in [6, 6.07) is 18.7. The lowest BCUT2D eigenvalue weighted by atomic mass is 10.1. The third-order valence-corrected chi connectivity index (χ3v) is 5.57. The first-order valence-corrected chi connectivity index (χ1v) is 10.6. The number of aliphatic imine (C=N–C) groups is 1. The molecule has 2 atom stereocenters. The van der Waals surface area contributed by atoms with Crippen LogP contribution in [0.15, 0.2) is 59.6 Å². The normalized spacial score (nSPS) is 13.9. The Bertz CT molecular complexity index is 714. The summed E-state index contributed by atoms with van der Waals surface area (Å²) in [7, 11) is 0.866. The maximum Gasteiger partial charge on any atom is 0.191 e. The topological polar surface area (TPSA) is 53.5 Å². The summed E-state index contributed by atoms with van der Waals surface area (Å²) < 4.78 is 12.2. The molecule has 0 aliphatic rings. The van der Waals surface area contributed by atoms with Crippen molar-refractivity contribution in [2.45, 2.75) is 32.1 Å². The van der Waals surface area contributed by atoms with E-state index in [0.717, 1.165) is 17.9 Å². The molecular weight excluding hydrogens is 342 g/mol.